The van der Waals surface area contributed by atoms with Crippen molar-refractivity contribution in [1.29, 1.82) is 0 Å². The largest absolute Gasteiger partial charge is 0.387 e. The maximum atomic E-state index is 10.0. The molecule has 0 fully saturated rings. The molecule has 0 amide bonds. The van der Waals surface area contributed by atoms with Crippen molar-refractivity contribution >= 4 is 0 Å². The van der Waals surface area contributed by atoms with Gasteiger partial charge in [0.05, 0.1) is 6.10 Å². The van der Waals surface area contributed by atoms with E-state index in [1.807, 2.05) is 0 Å². The standard InChI is InChI=1S/C14H21NO/c1-10(2)15-9-14(16)13-7-6-11-4-3-5-12(11)8-13/h6-8,10,14-16H,3-5,9H2,1-2H3. The van der Waals surface area contributed by atoms with Crippen LogP contribution in [0, 0.1) is 0 Å². The lowest BCUT2D eigenvalue weighted by Gasteiger charge is -2.15. The minimum atomic E-state index is -0.381. The van der Waals surface area contributed by atoms with Crippen LogP contribution in [0.1, 0.15) is 43.1 Å². The summed E-state index contributed by atoms with van der Waals surface area (Å²) < 4.78 is 0. The van der Waals surface area contributed by atoms with E-state index in [2.05, 4.69) is 37.4 Å². The summed E-state index contributed by atoms with van der Waals surface area (Å²) in [6.45, 7) is 4.82. The van der Waals surface area contributed by atoms with Gasteiger partial charge in [-0.3, -0.25) is 0 Å². The molecule has 1 aromatic rings. The predicted molar refractivity (Wildman–Crippen MR) is 66.6 cm³/mol. The first-order valence-corrected chi connectivity index (χ1v) is 6.20. The summed E-state index contributed by atoms with van der Waals surface area (Å²) in [5.74, 6) is 0. The minimum absolute atomic E-state index is 0.381. The Morgan fingerprint density at radius 1 is 1.25 bits per heavy atom. The first-order valence-electron chi connectivity index (χ1n) is 6.20. The van der Waals surface area contributed by atoms with Crippen LogP contribution in [0.3, 0.4) is 0 Å². The molecule has 0 saturated heterocycles. The topological polar surface area (TPSA) is 32.3 Å². The molecule has 1 unspecified atom stereocenters. The number of aliphatic hydroxyl groups excluding tert-OH is 1. The Morgan fingerprint density at radius 2 is 2.00 bits per heavy atom. The normalized spacial score (nSPS) is 16.5. The highest BCUT2D eigenvalue weighted by Crippen LogP contribution is 2.25. The van der Waals surface area contributed by atoms with E-state index in [4.69, 9.17) is 0 Å². The SMILES string of the molecule is CC(C)NCC(O)c1ccc2c(c1)CCC2. The molecular formula is C14H21NO. The zero-order chi connectivity index (χ0) is 11.5. The smallest absolute Gasteiger partial charge is 0.0914 e. The van der Waals surface area contributed by atoms with Crippen molar-refractivity contribution in [2.75, 3.05) is 6.54 Å². The maximum absolute atomic E-state index is 10.0. The average molecular weight is 219 g/mol. The Morgan fingerprint density at radius 3 is 2.75 bits per heavy atom. The van der Waals surface area contributed by atoms with Crippen LogP contribution < -0.4 is 5.32 Å². The molecule has 88 valence electrons. The van der Waals surface area contributed by atoms with E-state index in [1.54, 1.807) is 0 Å². The second-order valence-corrected chi connectivity index (χ2v) is 4.96. The lowest BCUT2D eigenvalue weighted by Crippen LogP contribution is -2.27. The van der Waals surface area contributed by atoms with Crippen LogP contribution in [0.2, 0.25) is 0 Å². The zero-order valence-electron chi connectivity index (χ0n) is 10.2. The van der Waals surface area contributed by atoms with E-state index in [0.29, 0.717) is 12.6 Å². The van der Waals surface area contributed by atoms with Crippen molar-refractivity contribution in [3.8, 4) is 0 Å². The van der Waals surface area contributed by atoms with E-state index in [1.165, 1.54) is 30.4 Å². The molecule has 16 heavy (non-hydrogen) atoms. The van der Waals surface area contributed by atoms with Gasteiger partial charge in [-0.15, -0.1) is 0 Å². The number of aryl methyl sites for hydroxylation is 2. The van der Waals surface area contributed by atoms with Crippen molar-refractivity contribution in [3.63, 3.8) is 0 Å². The van der Waals surface area contributed by atoms with Crippen molar-refractivity contribution in [2.45, 2.75) is 45.3 Å². The molecule has 2 rings (SSSR count). The Balaban J connectivity index is 2.03. The fraction of sp³-hybridized carbons (Fsp3) is 0.571. The van der Waals surface area contributed by atoms with Gasteiger partial charge in [0, 0.05) is 12.6 Å². The van der Waals surface area contributed by atoms with E-state index < -0.39 is 0 Å². The molecule has 2 heteroatoms. The third kappa shape index (κ3) is 2.63. The number of rotatable bonds is 4. The summed E-state index contributed by atoms with van der Waals surface area (Å²) >= 11 is 0. The fourth-order valence-corrected chi connectivity index (χ4v) is 2.26. The molecule has 0 aromatic heterocycles. The first-order chi connectivity index (χ1) is 7.66. The minimum Gasteiger partial charge on any atom is -0.387 e. The number of benzene rings is 1. The lowest BCUT2D eigenvalue weighted by molar-refractivity contribution is 0.171. The molecule has 0 heterocycles. The van der Waals surface area contributed by atoms with E-state index in [-0.39, 0.29) is 6.10 Å². The molecule has 0 radical (unpaired) electrons. The summed E-state index contributed by atoms with van der Waals surface area (Å²) in [6.07, 6.45) is 3.26. The highest BCUT2D eigenvalue weighted by molar-refractivity contribution is 5.36. The van der Waals surface area contributed by atoms with Gasteiger partial charge in [-0.05, 0) is 36.0 Å². The number of aliphatic hydroxyl groups is 1. The fourth-order valence-electron chi connectivity index (χ4n) is 2.26. The van der Waals surface area contributed by atoms with Crippen molar-refractivity contribution in [1.82, 2.24) is 5.32 Å². The quantitative estimate of drug-likeness (QED) is 0.813. The number of nitrogens with one attached hydrogen (secondary N) is 1. The van der Waals surface area contributed by atoms with Crippen molar-refractivity contribution < 1.29 is 5.11 Å². The monoisotopic (exact) mass is 219 g/mol. The van der Waals surface area contributed by atoms with Crippen molar-refractivity contribution in [2.24, 2.45) is 0 Å². The average Bonchev–Trinajstić information content (AvgIpc) is 2.72. The van der Waals surface area contributed by atoms with E-state index >= 15 is 0 Å². The van der Waals surface area contributed by atoms with Gasteiger partial charge in [-0.1, -0.05) is 32.0 Å². The molecule has 1 aliphatic carbocycles. The summed E-state index contributed by atoms with van der Waals surface area (Å²) in [6, 6.07) is 6.84. The van der Waals surface area contributed by atoms with Gasteiger partial charge in [-0.2, -0.15) is 0 Å². The second-order valence-electron chi connectivity index (χ2n) is 4.96. The van der Waals surface area contributed by atoms with E-state index in [0.717, 1.165) is 5.56 Å². The Bertz CT molecular complexity index is 360. The number of hydrogen-bond acceptors (Lipinski definition) is 2. The molecular weight excluding hydrogens is 198 g/mol. The van der Waals surface area contributed by atoms with Crippen LogP contribution in [0.25, 0.3) is 0 Å². The zero-order valence-corrected chi connectivity index (χ0v) is 10.2. The van der Waals surface area contributed by atoms with Gasteiger partial charge >= 0.3 is 0 Å². The first kappa shape index (κ1) is 11.6. The molecule has 2 nitrogen and oxygen atoms in total. The predicted octanol–water partition coefficient (Wildman–Crippen LogP) is 2.21. The third-order valence-corrected chi connectivity index (χ3v) is 3.23. The summed E-state index contributed by atoms with van der Waals surface area (Å²) in [5.41, 5.74) is 3.95. The number of hydrogen-bond donors (Lipinski definition) is 2. The molecule has 1 atom stereocenters. The van der Waals surface area contributed by atoms with Crippen LogP contribution in [-0.2, 0) is 12.8 Å². The van der Waals surface area contributed by atoms with Gasteiger partial charge in [0.2, 0.25) is 0 Å². The highest BCUT2D eigenvalue weighted by Gasteiger charge is 2.14. The molecule has 2 N–H and O–H groups in total. The van der Waals surface area contributed by atoms with Crippen LogP contribution in [-0.4, -0.2) is 17.7 Å². The number of fused-ring (bicyclic) bond motifs is 1. The van der Waals surface area contributed by atoms with Crippen LogP contribution in [0.5, 0.6) is 0 Å². The van der Waals surface area contributed by atoms with Gasteiger partial charge in [-0.25, -0.2) is 0 Å². The molecule has 0 aliphatic heterocycles. The van der Waals surface area contributed by atoms with Crippen LogP contribution in [0.4, 0.5) is 0 Å². The Labute approximate surface area is 97.7 Å². The second kappa shape index (κ2) is 4.98. The van der Waals surface area contributed by atoms with Crippen molar-refractivity contribution in [3.05, 3.63) is 34.9 Å². The van der Waals surface area contributed by atoms with Gasteiger partial charge in [0.25, 0.3) is 0 Å². The van der Waals surface area contributed by atoms with Crippen LogP contribution in [0.15, 0.2) is 18.2 Å². The maximum Gasteiger partial charge on any atom is 0.0914 e. The Hall–Kier alpha value is -0.860. The van der Waals surface area contributed by atoms with Gasteiger partial charge < -0.3 is 10.4 Å². The van der Waals surface area contributed by atoms with E-state index in [9.17, 15) is 5.11 Å². The summed E-state index contributed by atoms with van der Waals surface area (Å²) in [7, 11) is 0. The molecule has 0 spiro atoms. The summed E-state index contributed by atoms with van der Waals surface area (Å²) in [5, 5.41) is 13.3. The Kier molecular flexibility index (Phi) is 3.62. The third-order valence-electron chi connectivity index (χ3n) is 3.23. The van der Waals surface area contributed by atoms with Crippen LogP contribution >= 0.6 is 0 Å². The molecule has 0 bridgehead atoms. The highest BCUT2D eigenvalue weighted by atomic mass is 16.3. The molecule has 1 aliphatic rings. The lowest BCUT2D eigenvalue weighted by atomic mass is 10.0. The molecule has 0 saturated carbocycles. The van der Waals surface area contributed by atoms with Gasteiger partial charge in [0.15, 0.2) is 0 Å². The summed E-state index contributed by atoms with van der Waals surface area (Å²) in [4.78, 5) is 0. The van der Waals surface area contributed by atoms with Gasteiger partial charge in [0.1, 0.15) is 0 Å². The molecule has 1 aromatic carbocycles.